The summed E-state index contributed by atoms with van der Waals surface area (Å²) in [6.07, 6.45) is 16.9. The highest BCUT2D eigenvalue weighted by atomic mass is 16.3. The predicted octanol–water partition coefficient (Wildman–Crippen LogP) is 6.73. The number of hydrogen-bond acceptors (Lipinski definition) is 2. The van der Waals surface area contributed by atoms with E-state index in [-0.39, 0.29) is 6.10 Å². The lowest BCUT2D eigenvalue weighted by Gasteiger charge is -2.44. The summed E-state index contributed by atoms with van der Waals surface area (Å²) in [6.45, 7) is 13.1. The monoisotopic (exact) mass is 400 g/mol. The van der Waals surface area contributed by atoms with E-state index >= 15 is 0 Å². The minimum absolute atomic E-state index is 0.192. The van der Waals surface area contributed by atoms with Gasteiger partial charge in [0.15, 0.2) is 0 Å². The Kier molecular flexibility index (Phi) is 7.16. The van der Waals surface area contributed by atoms with E-state index in [9.17, 15) is 10.2 Å². The molecule has 164 valence electrons. The molecule has 3 aliphatic rings. The third-order valence-electron chi connectivity index (χ3n) is 8.36. The van der Waals surface area contributed by atoms with Gasteiger partial charge in [0, 0.05) is 0 Å². The van der Waals surface area contributed by atoms with Gasteiger partial charge in [0.1, 0.15) is 0 Å². The molecule has 0 aliphatic heterocycles. The summed E-state index contributed by atoms with van der Waals surface area (Å²) in [5, 5.41) is 20.1. The van der Waals surface area contributed by atoms with Gasteiger partial charge in [-0.05, 0) is 100 Å². The minimum Gasteiger partial charge on any atom is -0.393 e. The molecule has 3 aliphatic carbocycles. The molecule has 0 heterocycles. The summed E-state index contributed by atoms with van der Waals surface area (Å²) in [5.74, 6) is 2.26. The second kappa shape index (κ2) is 9.10. The van der Waals surface area contributed by atoms with Crippen molar-refractivity contribution >= 4 is 0 Å². The molecule has 0 aromatic heterocycles. The Morgan fingerprint density at radius 2 is 1.97 bits per heavy atom. The average molecular weight is 401 g/mol. The molecule has 3 rings (SSSR count). The number of allylic oxidation sites excluding steroid dienone is 4. The fourth-order valence-corrected chi connectivity index (χ4v) is 6.67. The van der Waals surface area contributed by atoms with Gasteiger partial charge in [0.25, 0.3) is 0 Å². The van der Waals surface area contributed by atoms with Crippen LogP contribution in [-0.4, -0.2) is 21.9 Å². The summed E-state index contributed by atoms with van der Waals surface area (Å²) in [7, 11) is 0. The van der Waals surface area contributed by atoms with Crippen LogP contribution in [0.2, 0.25) is 0 Å². The molecule has 2 nitrogen and oxygen atoms in total. The van der Waals surface area contributed by atoms with Crippen molar-refractivity contribution < 1.29 is 10.2 Å². The number of aliphatic hydroxyl groups excluding tert-OH is 1. The minimum atomic E-state index is -0.535. The molecule has 3 saturated carbocycles. The first-order valence-corrected chi connectivity index (χ1v) is 12.1. The van der Waals surface area contributed by atoms with Crippen LogP contribution < -0.4 is 0 Å². The largest absolute Gasteiger partial charge is 0.393 e. The van der Waals surface area contributed by atoms with Crippen molar-refractivity contribution in [2.75, 3.05) is 0 Å². The molecule has 0 spiro atoms. The standard InChI is InChI=1S/C27H44O2/c1-19-10-13-23(28)18-22(19)12-11-21-9-7-17-27(5)24(14-15-25(21)27)20(2)8-6-16-26(3,4)29/h11-12,20,23-25,28-29H,1,6-10,13-18H2,2-5H3/b21-11-,22-12+/t20-,23-,24-,25+,27?/m1/s1. The molecule has 0 saturated heterocycles. The van der Waals surface area contributed by atoms with Gasteiger partial charge in [0.05, 0.1) is 11.7 Å². The summed E-state index contributed by atoms with van der Waals surface area (Å²) in [5.41, 5.74) is 4.02. The van der Waals surface area contributed by atoms with Crippen molar-refractivity contribution in [3.8, 4) is 0 Å². The zero-order valence-electron chi connectivity index (χ0n) is 19.3. The fraction of sp³-hybridized carbons (Fsp3) is 0.778. The Hall–Kier alpha value is -0.860. The lowest BCUT2D eigenvalue weighted by Crippen LogP contribution is -2.36. The van der Waals surface area contributed by atoms with E-state index in [1.807, 2.05) is 13.8 Å². The fourth-order valence-electron chi connectivity index (χ4n) is 6.67. The number of rotatable bonds is 6. The van der Waals surface area contributed by atoms with Crippen LogP contribution in [0.1, 0.15) is 98.3 Å². The topological polar surface area (TPSA) is 40.5 Å². The van der Waals surface area contributed by atoms with Gasteiger partial charge in [-0.2, -0.15) is 0 Å². The average Bonchev–Trinajstić information content (AvgIpc) is 2.99. The second-order valence-electron chi connectivity index (χ2n) is 11.2. The summed E-state index contributed by atoms with van der Waals surface area (Å²) < 4.78 is 0. The van der Waals surface area contributed by atoms with Crippen LogP contribution in [-0.2, 0) is 0 Å². The van der Waals surface area contributed by atoms with Crippen molar-refractivity contribution in [2.24, 2.45) is 23.2 Å². The maximum absolute atomic E-state index is 10.0. The molecule has 2 heteroatoms. The van der Waals surface area contributed by atoms with Crippen molar-refractivity contribution in [3.63, 3.8) is 0 Å². The zero-order valence-corrected chi connectivity index (χ0v) is 19.3. The molecule has 0 aromatic carbocycles. The van der Waals surface area contributed by atoms with Gasteiger partial charge in [-0.1, -0.05) is 56.6 Å². The van der Waals surface area contributed by atoms with Gasteiger partial charge < -0.3 is 10.2 Å². The molecule has 0 bridgehead atoms. The first kappa shape index (κ1) is 22.8. The van der Waals surface area contributed by atoms with E-state index in [0.717, 1.165) is 49.9 Å². The third kappa shape index (κ3) is 5.44. The quantitative estimate of drug-likeness (QED) is 0.518. The normalized spacial score (nSPS) is 37.2. The first-order chi connectivity index (χ1) is 13.6. The Balaban J connectivity index is 1.68. The number of hydrogen-bond donors (Lipinski definition) is 2. The van der Waals surface area contributed by atoms with Crippen LogP contribution in [0.4, 0.5) is 0 Å². The Morgan fingerprint density at radius 3 is 2.69 bits per heavy atom. The van der Waals surface area contributed by atoms with E-state index in [1.165, 1.54) is 49.7 Å². The molecule has 0 radical (unpaired) electrons. The summed E-state index contributed by atoms with van der Waals surface area (Å²) in [4.78, 5) is 0. The van der Waals surface area contributed by atoms with Gasteiger partial charge in [-0.15, -0.1) is 0 Å². The molecule has 29 heavy (non-hydrogen) atoms. The maximum atomic E-state index is 10.0. The number of aliphatic hydroxyl groups is 2. The van der Waals surface area contributed by atoms with Crippen molar-refractivity contribution in [3.05, 3.63) is 35.5 Å². The van der Waals surface area contributed by atoms with E-state index < -0.39 is 5.60 Å². The van der Waals surface area contributed by atoms with Crippen LogP contribution in [0, 0.1) is 23.2 Å². The van der Waals surface area contributed by atoms with Crippen molar-refractivity contribution in [1.82, 2.24) is 0 Å². The van der Waals surface area contributed by atoms with Crippen LogP contribution in [0.15, 0.2) is 35.5 Å². The molecule has 3 fully saturated rings. The zero-order chi connectivity index (χ0) is 21.2. The SMILES string of the molecule is C=C1CC[C@@H](O)C/C1=C\C=C1\CCCC2(C)[C@@H]([C@H](C)CCCC(C)(C)O)CC[C@@H]12. The van der Waals surface area contributed by atoms with Crippen LogP contribution >= 0.6 is 0 Å². The molecular formula is C27H44O2. The second-order valence-corrected chi connectivity index (χ2v) is 11.2. The van der Waals surface area contributed by atoms with Gasteiger partial charge in [-0.3, -0.25) is 0 Å². The Morgan fingerprint density at radius 1 is 1.21 bits per heavy atom. The Labute approximate surface area is 179 Å². The highest BCUT2D eigenvalue weighted by Gasteiger charge is 2.50. The summed E-state index contributed by atoms with van der Waals surface area (Å²) >= 11 is 0. The smallest absolute Gasteiger partial charge is 0.0591 e. The predicted molar refractivity (Wildman–Crippen MR) is 123 cm³/mol. The molecule has 0 amide bonds. The summed E-state index contributed by atoms with van der Waals surface area (Å²) in [6, 6.07) is 0. The van der Waals surface area contributed by atoms with Gasteiger partial charge >= 0.3 is 0 Å². The first-order valence-electron chi connectivity index (χ1n) is 12.1. The van der Waals surface area contributed by atoms with Crippen LogP contribution in [0.5, 0.6) is 0 Å². The van der Waals surface area contributed by atoms with E-state index in [0.29, 0.717) is 5.41 Å². The highest BCUT2D eigenvalue weighted by molar-refractivity contribution is 5.36. The molecule has 2 N–H and O–H groups in total. The van der Waals surface area contributed by atoms with Crippen molar-refractivity contribution in [1.29, 1.82) is 0 Å². The van der Waals surface area contributed by atoms with E-state index in [1.54, 1.807) is 5.57 Å². The molecule has 0 aromatic rings. The molecule has 5 atom stereocenters. The lowest BCUT2D eigenvalue weighted by molar-refractivity contribution is 0.0596. The van der Waals surface area contributed by atoms with Gasteiger partial charge in [-0.25, -0.2) is 0 Å². The van der Waals surface area contributed by atoms with Crippen LogP contribution in [0.25, 0.3) is 0 Å². The molecular weight excluding hydrogens is 356 g/mol. The van der Waals surface area contributed by atoms with E-state index in [4.69, 9.17) is 0 Å². The third-order valence-corrected chi connectivity index (χ3v) is 8.36. The highest BCUT2D eigenvalue weighted by Crippen LogP contribution is 2.60. The van der Waals surface area contributed by atoms with E-state index in [2.05, 4.69) is 32.6 Å². The lowest BCUT2D eigenvalue weighted by atomic mass is 9.60. The molecule has 1 unspecified atom stereocenters. The Bertz CT molecular complexity index is 650. The number of fused-ring (bicyclic) bond motifs is 1. The van der Waals surface area contributed by atoms with Crippen LogP contribution in [0.3, 0.4) is 0 Å². The maximum Gasteiger partial charge on any atom is 0.0591 e. The van der Waals surface area contributed by atoms with Gasteiger partial charge in [0.2, 0.25) is 0 Å². The van der Waals surface area contributed by atoms with Crippen molar-refractivity contribution in [2.45, 2.75) is 110 Å².